The number of hydrogen-bond acceptors (Lipinski definition) is 4. The van der Waals surface area contributed by atoms with Crippen molar-refractivity contribution in [3.8, 4) is 0 Å². The summed E-state index contributed by atoms with van der Waals surface area (Å²) in [5, 5.41) is 21.3. The molecule has 0 aromatic carbocycles. The molecule has 0 spiro atoms. The highest BCUT2D eigenvalue weighted by atomic mass is 16.4. The Hall–Kier alpha value is -1.46. The van der Waals surface area contributed by atoms with Crippen LogP contribution in [0, 0.1) is 5.92 Å². The van der Waals surface area contributed by atoms with Gasteiger partial charge in [0, 0.05) is 5.92 Å². The van der Waals surface area contributed by atoms with Crippen LogP contribution in [0.2, 0.25) is 0 Å². The summed E-state index contributed by atoms with van der Waals surface area (Å²) in [5.74, 6) is 0.650. The van der Waals surface area contributed by atoms with Crippen LogP contribution < -0.4 is 0 Å². The molecule has 1 fully saturated rings. The SMILES string of the molecule is CC(C)C(CC(=O)O)n1nnnc1C1CCCCCCC1. The van der Waals surface area contributed by atoms with E-state index < -0.39 is 5.97 Å². The van der Waals surface area contributed by atoms with Crippen LogP contribution >= 0.6 is 0 Å². The van der Waals surface area contributed by atoms with Gasteiger partial charge in [-0.3, -0.25) is 4.79 Å². The number of tetrazole rings is 1. The highest BCUT2D eigenvalue weighted by Crippen LogP contribution is 2.32. The Morgan fingerprint density at radius 2 is 1.86 bits per heavy atom. The standard InChI is InChI=1S/C15H26N4O2/c1-11(2)13(10-14(20)21)19-15(16-17-18-19)12-8-6-4-3-5-7-9-12/h11-13H,3-10H2,1-2H3,(H,20,21). The minimum Gasteiger partial charge on any atom is -0.481 e. The molecule has 2 rings (SSSR count). The first-order valence-corrected chi connectivity index (χ1v) is 8.09. The van der Waals surface area contributed by atoms with Gasteiger partial charge in [0.15, 0.2) is 5.82 Å². The molecule has 1 heterocycles. The summed E-state index contributed by atoms with van der Waals surface area (Å²) in [5.41, 5.74) is 0. The summed E-state index contributed by atoms with van der Waals surface area (Å²) in [4.78, 5) is 11.1. The van der Waals surface area contributed by atoms with Gasteiger partial charge in [0.1, 0.15) is 0 Å². The van der Waals surface area contributed by atoms with Gasteiger partial charge in [0.25, 0.3) is 0 Å². The predicted octanol–water partition coefficient (Wildman–Crippen LogP) is 3.17. The lowest BCUT2D eigenvalue weighted by molar-refractivity contribution is -0.138. The molecule has 1 aromatic rings. The van der Waals surface area contributed by atoms with Crippen LogP contribution in [0.3, 0.4) is 0 Å². The largest absolute Gasteiger partial charge is 0.481 e. The lowest BCUT2D eigenvalue weighted by atomic mass is 9.90. The maximum absolute atomic E-state index is 11.1. The van der Waals surface area contributed by atoms with Crippen molar-refractivity contribution < 1.29 is 9.90 Å². The fraction of sp³-hybridized carbons (Fsp3) is 0.867. The lowest BCUT2D eigenvalue weighted by Gasteiger charge is -2.24. The first-order valence-electron chi connectivity index (χ1n) is 8.09. The second kappa shape index (κ2) is 7.52. The predicted molar refractivity (Wildman–Crippen MR) is 79.0 cm³/mol. The number of nitrogens with zero attached hydrogens (tertiary/aromatic N) is 4. The monoisotopic (exact) mass is 294 g/mol. The van der Waals surface area contributed by atoms with Crippen molar-refractivity contribution in [3.63, 3.8) is 0 Å². The van der Waals surface area contributed by atoms with Crippen molar-refractivity contribution >= 4 is 5.97 Å². The summed E-state index contributed by atoms with van der Waals surface area (Å²) in [6.45, 7) is 4.05. The summed E-state index contributed by atoms with van der Waals surface area (Å²) >= 11 is 0. The zero-order valence-electron chi connectivity index (χ0n) is 13.0. The van der Waals surface area contributed by atoms with Crippen molar-refractivity contribution in [1.82, 2.24) is 20.2 Å². The zero-order valence-corrected chi connectivity index (χ0v) is 13.0. The molecular weight excluding hydrogens is 268 g/mol. The van der Waals surface area contributed by atoms with Crippen LogP contribution in [0.4, 0.5) is 0 Å². The Morgan fingerprint density at radius 1 is 1.24 bits per heavy atom. The van der Waals surface area contributed by atoms with Crippen molar-refractivity contribution in [2.24, 2.45) is 5.92 Å². The molecule has 0 bridgehead atoms. The van der Waals surface area contributed by atoms with Gasteiger partial charge in [-0.25, -0.2) is 4.68 Å². The number of aliphatic carboxylic acids is 1. The normalized spacial score (nSPS) is 19.2. The molecule has 0 amide bonds. The van der Waals surface area contributed by atoms with Crippen LogP contribution in [-0.2, 0) is 4.79 Å². The van der Waals surface area contributed by atoms with E-state index in [9.17, 15) is 4.79 Å². The fourth-order valence-electron chi connectivity index (χ4n) is 3.20. The highest BCUT2D eigenvalue weighted by molar-refractivity contribution is 5.67. The van der Waals surface area contributed by atoms with Gasteiger partial charge in [0.2, 0.25) is 0 Å². The highest BCUT2D eigenvalue weighted by Gasteiger charge is 2.27. The number of hydrogen-bond donors (Lipinski definition) is 1. The van der Waals surface area contributed by atoms with Gasteiger partial charge in [0.05, 0.1) is 12.5 Å². The summed E-state index contributed by atoms with van der Waals surface area (Å²) in [6.07, 6.45) is 8.59. The average molecular weight is 294 g/mol. The van der Waals surface area contributed by atoms with Gasteiger partial charge in [-0.1, -0.05) is 46.0 Å². The molecule has 1 N–H and O–H groups in total. The van der Waals surface area contributed by atoms with Crippen molar-refractivity contribution in [2.45, 2.75) is 77.2 Å². The maximum Gasteiger partial charge on any atom is 0.305 e. The Balaban J connectivity index is 2.20. The summed E-state index contributed by atoms with van der Waals surface area (Å²) in [7, 11) is 0. The Bertz CT molecular complexity index is 450. The molecule has 21 heavy (non-hydrogen) atoms. The third kappa shape index (κ3) is 4.25. The number of carboxylic acid groups (broad SMARTS) is 1. The number of carbonyl (C=O) groups is 1. The van der Waals surface area contributed by atoms with E-state index in [1.54, 1.807) is 4.68 Å². The molecule has 1 saturated carbocycles. The molecule has 1 aromatic heterocycles. The van der Waals surface area contributed by atoms with Gasteiger partial charge >= 0.3 is 5.97 Å². The maximum atomic E-state index is 11.1. The van der Waals surface area contributed by atoms with E-state index in [4.69, 9.17) is 5.11 Å². The Kier molecular flexibility index (Phi) is 5.70. The van der Waals surface area contributed by atoms with Crippen LogP contribution in [0.25, 0.3) is 0 Å². The van der Waals surface area contributed by atoms with Crippen molar-refractivity contribution in [2.75, 3.05) is 0 Å². The van der Waals surface area contributed by atoms with Gasteiger partial charge in [-0.15, -0.1) is 5.10 Å². The van der Waals surface area contributed by atoms with Crippen LogP contribution in [0.15, 0.2) is 0 Å². The van der Waals surface area contributed by atoms with E-state index in [0.29, 0.717) is 5.92 Å². The van der Waals surface area contributed by atoms with Gasteiger partial charge < -0.3 is 5.11 Å². The molecule has 0 aliphatic heterocycles. The minimum atomic E-state index is -0.798. The minimum absolute atomic E-state index is 0.0719. The van der Waals surface area contributed by atoms with E-state index in [0.717, 1.165) is 18.7 Å². The molecule has 0 radical (unpaired) electrons. The molecular formula is C15H26N4O2. The van der Waals surface area contributed by atoms with Crippen LogP contribution in [0.1, 0.15) is 83.0 Å². The Morgan fingerprint density at radius 3 is 2.43 bits per heavy atom. The molecule has 1 aliphatic rings. The number of carboxylic acids is 1. The lowest BCUT2D eigenvalue weighted by Crippen LogP contribution is -2.23. The Labute approximate surface area is 125 Å². The van der Waals surface area contributed by atoms with E-state index in [-0.39, 0.29) is 18.4 Å². The van der Waals surface area contributed by atoms with Crippen molar-refractivity contribution in [3.05, 3.63) is 5.82 Å². The third-order valence-corrected chi connectivity index (χ3v) is 4.46. The molecule has 0 saturated heterocycles. The van der Waals surface area contributed by atoms with Crippen LogP contribution in [0.5, 0.6) is 0 Å². The van der Waals surface area contributed by atoms with E-state index in [2.05, 4.69) is 15.5 Å². The van der Waals surface area contributed by atoms with Crippen LogP contribution in [-0.4, -0.2) is 31.3 Å². The molecule has 118 valence electrons. The smallest absolute Gasteiger partial charge is 0.305 e. The quantitative estimate of drug-likeness (QED) is 0.902. The molecule has 6 nitrogen and oxygen atoms in total. The molecule has 1 unspecified atom stereocenters. The van der Waals surface area contributed by atoms with E-state index in [1.165, 1.54) is 32.1 Å². The number of aromatic nitrogens is 4. The van der Waals surface area contributed by atoms with Gasteiger partial charge in [-0.2, -0.15) is 0 Å². The summed E-state index contributed by atoms with van der Waals surface area (Å²) in [6, 6.07) is -0.169. The summed E-state index contributed by atoms with van der Waals surface area (Å²) < 4.78 is 1.78. The number of rotatable bonds is 5. The average Bonchev–Trinajstić information content (AvgIpc) is 2.84. The molecule has 6 heteroatoms. The van der Waals surface area contributed by atoms with Crippen molar-refractivity contribution in [1.29, 1.82) is 0 Å². The first-order chi connectivity index (χ1) is 10.1. The molecule has 1 aliphatic carbocycles. The molecule has 1 atom stereocenters. The van der Waals surface area contributed by atoms with Gasteiger partial charge in [-0.05, 0) is 29.2 Å². The first kappa shape index (κ1) is 15.9. The zero-order chi connectivity index (χ0) is 15.2. The van der Waals surface area contributed by atoms with E-state index >= 15 is 0 Å². The van der Waals surface area contributed by atoms with E-state index in [1.807, 2.05) is 13.8 Å². The third-order valence-electron chi connectivity index (χ3n) is 4.46. The topological polar surface area (TPSA) is 80.9 Å². The second-order valence-electron chi connectivity index (χ2n) is 6.43. The fourth-order valence-corrected chi connectivity index (χ4v) is 3.20. The second-order valence-corrected chi connectivity index (χ2v) is 6.43.